The summed E-state index contributed by atoms with van der Waals surface area (Å²) in [4.78, 5) is 29.9. The van der Waals surface area contributed by atoms with Gasteiger partial charge in [-0.05, 0) is 80.8 Å². The molecule has 1 saturated heterocycles. The highest BCUT2D eigenvalue weighted by Crippen LogP contribution is 2.30. The summed E-state index contributed by atoms with van der Waals surface area (Å²) in [6.45, 7) is 9.57. The van der Waals surface area contributed by atoms with Gasteiger partial charge in [-0.15, -0.1) is 0 Å². The molecule has 0 spiro atoms. The first-order valence-corrected chi connectivity index (χ1v) is 19.0. The summed E-state index contributed by atoms with van der Waals surface area (Å²) in [5, 5.41) is 13.0. The summed E-state index contributed by atoms with van der Waals surface area (Å²) < 4.78 is 43.9. The van der Waals surface area contributed by atoms with Gasteiger partial charge in [0.2, 0.25) is 11.8 Å². The van der Waals surface area contributed by atoms with Gasteiger partial charge in [0.1, 0.15) is 12.1 Å². The molecule has 274 valence electrons. The molecule has 13 nitrogen and oxygen atoms in total. The number of benzene rings is 2. The third-order valence-corrected chi connectivity index (χ3v) is 10.6. The van der Waals surface area contributed by atoms with E-state index in [1.807, 2.05) is 39.1 Å². The lowest BCUT2D eigenvalue weighted by atomic mass is 10.00. The van der Waals surface area contributed by atoms with Gasteiger partial charge in [-0.3, -0.25) is 4.98 Å². The Morgan fingerprint density at radius 2 is 1.83 bits per heavy atom. The van der Waals surface area contributed by atoms with Crippen LogP contribution in [0, 0.1) is 13.8 Å². The van der Waals surface area contributed by atoms with Gasteiger partial charge in [-0.1, -0.05) is 38.1 Å². The van der Waals surface area contributed by atoms with E-state index in [4.69, 9.17) is 14.5 Å². The number of nitrogens with zero attached hydrogens (tertiary/aromatic N) is 5. The van der Waals surface area contributed by atoms with E-state index in [-0.39, 0.29) is 41.0 Å². The monoisotopic (exact) mass is 727 g/mol. The van der Waals surface area contributed by atoms with E-state index in [1.165, 1.54) is 23.9 Å². The van der Waals surface area contributed by atoms with Crippen LogP contribution in [0.25, 0.3) is 22.4 Å². The zero-order valence-corrected chi connectivity index (χ0v) is 30.9. The van der Waals surface area contributed by atoms with Crippen molar-refractivity contribution in [2.75, 3.05) is 17.9 Å². The van der Waals surface area contributed by atoms with Gasteiger partial charge in [0.05, 0.1) is 34.1 Å². The summed E-state index contributed by atoms with van der Waals surface area (Å²) in [7, 11) is -2.24. The molecule has 0 amide bonds. The van der Waals surface area contributed by atoms with Crippen molar-refractivity contribution in [3.8, 4) is 17.1 Å². The molecule has 14 heteroatoms. The van der Waals surface area contributed by atoms with Crippen molar-refractivity contribution in [2.24, 2.45) is 7.05 Å². The number of rotatable bonds is 14. The van der Waals surface area contributed by atoms with E-state index in [2.05, 4.69) is 49.5 Å². The highest BCUT2D eigenvalue weighted by molar-refractivity contribution is 7.92. The van der Waals surface area contributed by atoms with Crippen LogP contribution in [0.5, 0.6) is 5.88 Å². The third-order valence-electron chi connectivity index (χ3n) is 9.29. The molecular weight excluding hydrogens is 683 g/mol. The second-order valence-corrected chi connectivity index (χ2v) is 15.3. The lowest BCUT2D eigenvalue weighted by molar-refractivity contribution is 0.00183. The van der Waals surface area contributed by atoms with E-state index < -0.39 is 16.0 Å². The molecule has 2 aromatic carbocycles. The Balaban J connectivity index is 1.28. The van der Waals surface area contributed by atoms with Gasteiger partial charge in [-0.2, -0.15) is 4.98 Å². The van der Waals surface area contributed by atoms with Crippen molar-refractivity contribution in [1.82, 2.24) is 29.8 Å². The average Bonchev–Trinajstić information content (AvgIpc) is 3.45. The van der Waals surface area contributed by atoms with E-state index in [0.717, 1.165) is 65.5 Å². The minimum absolute atomic E-state index is 0.0596. The SMILES string of the molecule is Cc1cccc(C)c1-c1cc(OC[C@@H](C[C@@H]2CCCCO2)NCc2cnc3cc(C(C)C)n(C)c3n2)nc(NS(=O)(=O)c2cccc(C(=O)O)c2)n1. The van der Waals surface area contributed by atoms with E-state index >= 15 is 0 Å². The maximum Gasteiger partial charge on any atom is 0.335 e. The number of aryl methyl sites for hydroxylation is 3. The number of hydrogen-bond acceptors (Lipinski definition) is 10. The third kappa shape index (κ3) is 8.57. The van der Waals surface area contributed by atoms with Crippen LogP contribution in [-0.4, -0.2) is 69.4 Å². The number of aromatic nitrogens is 5. The highest BCUT2D eigenvalue weighted by atomic mass is 32.2. The number of anilines is 1. The summed E-state index contributed by atoms with van der Waals surface area (Å²) in [6.07, 6.45) is 5.62. The van der Waals surface area contributed by atoms with Crippen LogP contribution in [0.15, 0.2) is 65.7 Å². The summed E-state index contributed by atoms with van der Waals surface area (Å²) >= 11 is 0. The average molecular weight is 728 g/mol. The normalized spacial score (nSPS) is 15.5. The molecule has 0 unspecified atom stereocenters. The molecule has 3 N–H and O–H groups in total. The number of carboxylic acids is 1. The molecule has 52 heavy (non-hydrogen) atoms. The Hall–Kier alpha value is -4.92. The molecule has 1 fully saturated rings. The van der Waals surface area contributed by atoms with Crippen molar-refractivity contribution in [1.29, 1.82) is 0 Å². The zero-order chi connectivity index (χ0) is 37.0. The number of ether oxygens (including phenoxy) is 2. The first-order chi connectivity index (χ1) is 24.9. The van der Waals surface area contributed by atoms with Crippen LogP contribution in [0.1, 0.15) is 78.3 Å². The van der Waals surface area contributed by atoms with Crippen molar-refractivity contribution >= 4 is 33.1 Å². The van der Waals surface area contributed by atoms with E-state index in [9.17, 15) is 18.3 Å². The molecule has 1 aliphatic heterocycles. The van der Waals surface area contributed by atoms with Crippen LogP contribution in [-0.2, 0) is 28.4 Å². The molecule has 4 heterocycles. The van der Waals surface area contributed by atoms with Gasteiger partial charge in [0.25, 0.3) is 10.0 Å². The Morgan fingerprint density at radius 1 is 1.06 bits per heavy atom. The second-order valence-electron chi connectivity index (χ2n) is 13.6. The molecule has 6 rings (SSSR count). The van der Waals surface area contributed by atoms with Gasteiger partial charge >= 0.3 is 5.97 Å². The first-order valence-electron chi connectivity index (χ1n) is 17.5. The van der Waals surface area contributed by atoms with Gasteiger partial charge in [0.15, 0.2) is 5.65 Å². The fourth-order valence-corrected chi connectivity index (χ4v) is 7.58. The Bertz CT molecular complexity index is 2160. The molecule has 0 saturated carbocycles. The fourth-order valence-electron chi connectivity index (χ4n) is 6.59. The summed E-state index contributed by atoms with van der Waals surface area (Å²) in [5.74, 6) is -0.929. The molecule has 0 bridgehead atoms. The maximum atomic E-state index is 13.5. The first kappa shape index (κ1) is 36.9. The van der Waals surface area contributed by atoms with Gasteiger partial charge in [-0.25, -0.2) is 27.9 Å². The minimum Gasteiger partial charge on any atom is -0.478 e. The van der Waals surface area contributed by atoms with E-state index in [1.54, 1.807) is 12.3 Å². The lowest BCUT2D eigenvalue weighted by Gasteiger charge is -2.27. The lowest BCUT2D eigenvalue weighted by Crippen LogP contribution is -2.39. The van der Waals surface area contributed by atoms with Crippen LogP contribution in [0.3, 0.4) is 0 Å². The van der Waals surface area contributed by atoms with Crippen molar-refractivity contribution < 1.29 is 27.8 Å². The fraction of sp³-hybridized carbons (Fsp3) is 0.395. The molecule has 5 aromatic rings. The zero-order valence-electron chi connectivity index (χ0n) is 30.1. The number of carboxylic acid groups (broad SMARTS) is 1. The Morgan fingerprint density at radius 3 is 2.54 bits per heavy atom. The van der Waals surface area contributed by atoms with Gasteiger partial charge in [0, 0.05) is 43.6 Å². The molecule has 0 radical (unpaired) electrons. The number of hydrogen-bond donors (Lipinski definition) is 3. The topological polar surface area (TPSA) is 170 Å². The van der Waals surface area contributed by atoms with Crippen LogP contribution in [0.4, 0.5) is 5.95 Å². The largest absolute Gasteiger partial charge is 0.478 e. The number of carbonyl (C=O) groups is 1. The Kier molecular flexibility index (Phi) is 11.2. The summed E-state index contributed by atoms with van der Waals surface area (Å²) in [6, 6.07) is 14.6. The molecule has 3 aromatic heterocycles. The van der Waals surface area contributed by atoms with Crippen LogP contribution >= 0.6 is 0 Å². The second kappa shape index (κ2) is 15.8. The number of sulfonamides is 1. The Labute approximate surface area is 303 Å². The molecule has 0 aliphatic carbocycles. The van der Waals surface area contributed by atoms with Gasteiger partial charge < -0.3 is 24.5 Å². The maximum absolute atomic E-state index is 13.5. The number of nitrogens with one attached hydrogen (secondary N) is 2. The van der Waals surface area contributed by atoms with E-state index in [0.29, 0.717) is 24.6 Å². The number of fused-ring (bicyclic) bond motifs is 1. The van der Waals surface area contributed by atoms with Crippen molar-refractivity contribution in [2.45, 2.75) is 82.9 Å². The number of aromatic carboxylic acids is 1. The van der Waals surface area contributed by atoms with Crippen molar-refractivity contribution in [3.63, 3.8) is 0 Å². The summed E-state index contributed by atoms with van der Waals surface area (Å²) in [5.41, 5.74) is 6.67. The van der Waals surface area contributed by atoms with Crippen molar-refractivity contribution in [3.05, 3.63) is 88.9 Å². The quantitative estimate of drug-likeness (QED) is 0.120. The molecule has 2 atom stereocenters. The standard InChI is InChI=1S/C38H45N7O6S/c1-23(2)33-18-32-36(45(33)5)41-28(21-40-32)20-39-27(17-29-13-6-7-15-50-29)22-51-34-19-31(35-24(3)10-8-11-25(35)4)42-38(43-34)44-52(48,49)30-14-9-12-26(16-30)37(46)47/h8-12,14,16,18-19,21,23,27,29,39H,6-7,13,15,17,20,22H2,1-5H3,(H,46,47)(H,42,43,44)/t27-,29+/m1/s1. The minimum atomic E-state index is -4.25. The predicted octanol–water partition coefficient (Wildman–Crippen LogP) is 6.16. The smallest absolute Gasteiger partial charge is 0.335 e. The molecular formula is C38H45N7O6S. The predicted molar refractivity (Wildman–Crippen MR) is 198 cm³/mol. The van der Waals surface area contributed by atoms with Crippen LogP contribution in [0.2, 0.25) is 0 Å². The molecule has 1 aliphatic rings. The highest BCUT2D eigenvalue weighted by Gasteiger charge is 2.23. The van der Waals surface area contributed by atoms with Crippen LogP contribution < -0.4 is 14.8 Å².